The first-order chi connectivity index (χ1) is 19.5. The lowest BCUT2D eigenvalue weighted by molar-refractivity contribution is 0.0984. The van der Waals surface area contributed by atoms with Crippen LogP contribution >= 0.6 is 0 Å². The molecule has 2 aliphatic heterocycles. The molecule has 1 amide bonds. The van der Waals surface area contributed by atoms with E-state index in [1.165, 1.54) is 17.2 Å². The molecule has 6 rings (SSSR count). The Balaban J connectivity index is 1.17. The molecule has 2 atom stereocenters. The predicted octanol–water partition coefficient (Wildman–Crippen LogP) is 5.12. The fraction of sp³-hybridized carbons (Fsp3) is 0.394. The Hall–Kier alpha value is -3.73. The summed E-state index contributed by atoms with van der Waals surface area (Å²) in [5, 5.41) is 9.17. The van der Waals surface area contributed by atoms with Gasteiger partial charge in [0, 0.05) is 50.5 Å². The van der Waals surface area contributed by atoms with E-state index in [0.29, 0.717) is 73.1 Å². The van der Waals surface area contributed by atoms with Gasteiger partial charge in [-0.3, -0.25) is 9.69 Å². The summed E-state index contributed by atoms with van der Waals surface area (Å²) in [6.45, 7) is 8.18. The average Bonchev–Trinajstić information content (AvgIpc) is 3.44. The number of amides is 1. The van der Waals surface area contributed by atoms with Crippen LogP contribution in [0.2, 0.25) is 0 Å². The lowest BCUT2D eigenvalue weighted by Crippen LogP contribution is -2.37. The zero-order valence-corrected chi connectivity index (χ0v) is 22.9. The molecule has 3 aromatic rings. The Morgan fingerprint density at radius 2 is 1.68 bits per heavy atom. The molecule has 0 radical (unpaired) electrons. The first-order valence-electron chi connectivity index (χ1n) is 14.3. The Morgan fingerprint density at radius 1 is 1.00 bits per heavy atom. The van der Waals surface area contributed by atoms with Crippen molar-refractivity contribution >= 4 is 17.3 Å². The summed E-state index contributed by atoms with van der Waals surface area (Å²) < 4.78 is 20.8. The van der Waals surface area contributed by atoms with Crippen LogP contribution in [0.15, 0.2) is 66.7 Å². The van der Waals surface area contributed by atoms with E-state index in [0.717, 1.165) is 26.1 Å². The van der Waals surface area contributed by atoms with E-state index in [2.05, 4.69) is 42.2 Å². The third kappa shape index (κ3) is 5.47. The van der Waals surface area contributed by atoms with Crippen molar-refractivity contribution < 1.29 is 13.9 Å². The Labute approximate surface area is 235 Å². The second-order valence-electron chi connectivity index (χ2n) is 11.2. The summed E-state index contributed by atoms with van der Waals surface area (Å²) >= 11 is 0. The number of likely N-dealkylation sites (tertiary alicyclic amines) is 1. The molecule has 206 valence electrons. The average molecular weight is 539 g/mol. The molecule has 0 bridgehead atoms. The number of fused-ring (bicyclic) bond motifs is 1. The minimum Gasteiger partial charge on any atom is -0.378 e. The molecule has 1 saturated carbocycles. The summed E-state index contributed by atoms with van der Waals surface area (Å²) in [4.78, 5) is 20.0. The third-order valence-corrected chi connectivity index (χ3v) is 8.78. The van der Waals surface area contributed by atoms with Gasteiger partial charge in [0.25, 0.3) is 5.91 Å². The highest BCUT2D eigenvalue weighted by Gasteiger charge is 2.56. The largest absolute Gasteiger partial charge is 0.378 e. The van der Waals surface area contributed by atoms with Crippen molar-refractivity contribution in [2.75, 3.05) is 55.7 Å². The molecule has 1 aliphatic carbocycles. The van der Waals surface area contributed by atoms with Crippen molar-refractivity contribution in [1.29, 1.82) is 5.26 Å². The molecule has 0 spiro atoms. The van der Waals surface area contributed by atoms with Crippen LogP contribution in [0, 0.1) is 34.9 Å². The van der Waals surface area contributed by atoms with Crippen LogP contribution in [0.3, 0.4) is 0 Å². The Bertz CT molecular complexity index is 1380. The van der Waals surface area contributed by atoms with Crippen LogP contribution in [-0.2, 0) is 17.7 Å². The number of anilines is 2. The van der Waals surface area contributed by atoms with E-state index in [9.17, 15) is 10.1 Å². The number of carbonyl (C=O) groups excluding carboxylic acids is 1. The number of carbonyl (C=O) groups is 1. The van der Waals surface area contributed by atoms with Crippen LogP contribution in [0.5, 0.6) is 0 Å². The number of halogens is 1. The molecule has 0 N–H and O–H groups in total. The number of piperidine rings is 1. The first-order valence-corrected chi connectivity index (χ1v) is 14.3. The van der Waals surface area contributed by atoms with Gasteiger partial charge in [0.05, 0.1) is 30.5 Å². The molecule has 2 saturated heterocycles. The summed E-state index contributed by atoms with van der Waals surface area (Å²) in [6.07, 6.45) is 1.05. The summed E-state index contributed by atoms with van der Waals surface area (Å²) in [5.41, 5.74) is 4.81. The lowest BCUT2D eigenvalue weighted by atomic mass is 10.1. The van der Waals surface area contributed by atoms with E-state index < -0.39 is 0 Å². The second kappa shape index (κ2) is 11.4. The minimum atomic E-state index is -0.326. The van der Waals surface area contributed by atoms with Gasteiger partial charge in [-0.2, -0.15) is 5.26 Å². The normalized spacial score (nSPS) is 22.0. The van der Waals surface area contributed by atoms with Crippen LogP contribution in [0.4, 0.5) is 15.8 Å². The minimum absolute atomic E-state index is 0.166. The topological polar surface area (TPSA) is 59.8 Å². The Kier molecular flexibility index (Phi) is 7.55. The number of aryl methyl sites for hydroxylation is 1. The number of hydrogen-bond donors (Lipinski definition) is 0. The molecule has 2 unspecified atom stereocenters. The maximum atomic E-state index is 15.4. The van der Waals surface area contributed by atoms with E-state index in [1.54, 1.807) is 35.2 Å². The van der Waals surface area contributed by atoms with E-state index >= 15 is 4.39 Å². The van der Waals surface area contributed by atoms with Crippen molar-refractivity contribution in [2.24, 2.45) is 17.8 Å². The highest BCUT2D eigenvalue weighted by atomic mass is 19.1. The molecule has 2 heterocycles. The molecule has 3 aliphatic rings. The predicted molar refractivity (Wildman–Crippen MR) is 154 cm³/mol. The van der Waals surface area contributed by atoms with Crippen molar-refractivity contribution in [2.45, 2.75) is 19.9 Å². The molecule has 7 heteroatoms. The number of nitriles is 1. The van der Waals surface area contributed by atoms with E-state index in [1.807, 2.05) is 11.0 Å². The molecular formula is C33H35FN4O2. The third-order valence-electron chi connectivity index (χ3n) is 8.78. The van der Waals surface area contributed by atoms with Crippen LogP contribution in [-0.4, -0.2) is 56.7 Å². The lowest BCUT2D eigenvalue weighted by Gasteiger charge is -2.30. The highest BCUT2D eigenvalue weighted by molar-refractivity contribution is 6.06. The van der Waals surface area contributed by atoms with E-state index in [-0.39, 0.29) is 11.7 Å². The van der Waals surface area contributed by atoms with Gasteiger partial charge in [-0.15, -0.1) is 0 Å². The van der Waals surface area contributed by atoms with Crippen molar-refractivity contribution in [1.82, 2.24) is 4.90 Å². The summed E-state index contributed by atoms with van der Waals surface area (Å²) in [7, 11) is 0. The van der Waals surface area contributed by atoms with Gasteiger partial charge in [0.15, 0.2) is 0 Å². The van der Waals surface area contributed by atoms with Gasteiger partial charge in [-0.05, 0) is 77.8 Å². The summed E-state index contributed by atoms with van der Waals surface area (Å²) in [5.74, 6) is 0.990. The molecule has 3 aromatic carbocycles. The maximum absolute atomic E-state index is 15.4. The first kappa shape index (κ1) is 26.5. The maximum Gasteiger partial charge on any atom is 0.258 e. The second-order valence-corrected chi connectivity index (χ2v) is 11.2. The van der Waals surface area contributed by atoms with Crippen molar-refractivity contribution in [3.63, 3.8) is 0 Å². The van der Waals surface area contributed by atoms with Gasteiger partial charge in [0.2, 0.25) is 0 Å². The van der Waals surface area contributed by atoms with Crippen molar-refractivity contribution in [3.05, 3.63) is 94.8 Å². The number of hydrogen-bond acceptors (Lipinski definition) is 5. The van der Waals surface area contributed by atoms with Gasteiger partial charge >= 0.3 is 0 Å². The SMILES string of the molecule is CCc1ccc(CN2CC3C(C2)C3CN(C(=O)c2ccc(C#N)cc2)c2ccc(N3CCOCC3)c(F)c2)cc1. The quantitative estimate of drug-likeness (QED) is 0.399. The van der Waals surface area contributed by atoms with Crippen LogP contribution in [0.1, 0.15) is 34.0 Å². The molecule has 3 fully saturated rings. The van der Waals surface area contributed by atoms with Crippen LogP contribution < -0.4 is 9.80 Å². The van der Waals surface area contributed by atoms with Gasteiger partial charge in [-0.1, -0.05) is 31.2 Å². The number of benzene rings is 3. The molecule has 6 nitrogen and oxygen atoms in total. The zero-order valence-electron chi connectivity index (χ0n) is 22.9. The smallest absolute Gasteiger partial charge is 0.258 e. The fourth-order valence-electron chi connectivity index (χ4n) is 6.36. The summed E-state index contributed by atoms with van der Waals surface area (Å²) in [6, 6.07) is 22.8. The number of nitrogens with zero attached hydrogens (tertiary/aromatic N) is 4. The highest BCUT2D eigenvalue weighted by Crippen LogP contribution is 2.52. The van der Waals surface area contributed by atoms with Crippen LogP contribution in [0.25, 0.3) is 0 Å². The monoisotopic (exact) mass is 538 g/mol. The standard InChI is InChI=1S/C33H35FN4O2/c1-2-23-3-5-25(6-4-23)19-36-20-28-29(21-36)30(28)22-38(33(39)26-9-7-24(18-35)8-10-26)27-11-12-32(31(34)17-27)37-13-15-40-16-14-37/h3-12,17,28-30H,2,13-16,19-22H2,1H3. The number of rotatable bonds is 8. The molecular weight excluding hydrogens is 503 g/mol. The number of ether oxygens (including phenoxy) is 1. The molecule has 40 heavy (non-hydrogen) atoms. The number of morpholine rings is 1. The van der Waals surface area contributed by atoms with E-state index in [4.69, 9.17) is 4.74 Å². The Morgan fingerprint density at radius 3 is 2.30 bits per heavy atom. The zero-order chi connectivity index (χ0) is 27.6. The van der Waals surface area contributed by atoms with Gasteiger partial charge < -0.3 is 14.5 Å². The molecule has 0 aromatic heterocycles. The van der Waals surface area contributed by atoms with Gasteiger partial charge in [-0.25, -0.2) is 4.39 Å². The van der Waals surface area contributed by atoms with Crippen molar-refractivity contribution in [3.8, 4) is 6.07 Å². The fourth-order valence-corrected chi connectivity index (χ4v) is 6.36. The van der Waals surface area contributed by atoms with Gasteiger partial charge in [0.1, 0.15) is 5.82 Å².